The number of aryl methyl sites for hydroxylation is 1. The van der Waals surface area contributed by atoms with Crippen LogP contribution >= 0.6 is 0 Å². The average Bonchev–Trinajstić information content (AvgIpc) is 2.45. The molecule has 1 amide bonds. The van der Waals surface area contributed by atoms with E-state index in [-0.39, 0.29) is 17.6 Å². The molecule has 2 rings (SSSR count). The van der Waals surface area contributed by atoms with Crippen LogP contribution in [-0.2, 0) is 4.79 Å². The summed E-state index contributed by atoms with van der Waals surface area (Å²) in [4.78, 5) is 22.8. The van der Waals surface area contributed by atoms with E-state index in [1.165, 1.54) is 12.1 Å². The van der Waals surface area contributed by atoms with Crippen molar-refractivity contribution in [3.05, 3.63) is 52.4 Å². The van der Waals surface area contributed by atoms with Gasteiger partial charge in [0, 0.05) is 17.5 Å². The molecule has 0 aliphatic carbocycles. The molecule has 2 aromatic rings. The summed E-state index contributed by atoms with van der Waals surface area (Å²) in [7, 11) is 0. The first-order valence-corrected chi connectivity index (χ1v) is 7.11. The first kappa shape index (κ1) is 15.8. The smallest absolute Gasteiger partial charge is 0.336 e. The number of allylic oxidation sites excluding steroid dienone is 1. The van der Waals surface area contributed by atoms with Gasteiger partial charge in [0.05, 0.1) is 6.54 Å². The fraction of sp³-hybridized carbons (Fsp3) is 0.294. The van der Waals surface area contributed by atoms with E-state index in [0.717, 1.165) is 10.9 Å². The first-order chi connectivity index (χ1) is 10.5. The predicted octanol–water partition coefficient (Wildman–Crippen LogP) is 2.56. The van der Waals surface area contributed by atoms with Gasteiger partial charge in [0.15, 0.2) is 0 Å². The van der Waals surface area contributed by atoms with E-state index in [9.17, 15) is 9.59 Å². The molecule has 1 aromatic carbocycles. The van der Waals surface area contributed by atoms with Gasteiger partial charge in [0.1, 0.15) is 17.4 Å². The Bertz CT molecular complexity index is 761. The maximum Gasteiger partial charge on any atom is 0.336 e. The summed E-state index contributed by atoms with van der Waals surface area (Å²) in [6.07, 6.45) is 2.93. The third-order valence-electron chi connectivity index (χ3n) is 3.14. The summed E-state index contributed by atoms with van der Waals surface area (Å²) in [5.41, 5.74) is 0.978. The molecule has 0 radical (unpaired) electrons. The van der Waals surface area contributed by atoms with E-state index in [0.29, 0.717) is 17.9 Å². The Labute approximate surface area is 128 Å². The number of hydrogen-bond donors (Lipinski definition) is 1. The van der Waals surface area contributed by atoms with Crippen LogP contribution in [-0.4, -0.2) is 18.6 Å². The number of carbonyl (C=O) groups is 1. The van der Waals surface area contributed by atoms with Crippen molar-refractivity contribution in [3.63, 3.8) is 0 Å². The van der Waals surface area contributed by atoms with Crippen LogP contribution in [0.25, 0.3) is 11.0 Å². The van der Waals surface area contributed by atoms with Gasteiger partial charge in [-0.3, -0.25) is 4.79 Å². The van der Waals surface area contributed by atoms with Crippen molar-refractivity contribution in [2.45, 2.75) is 26.9 Å². The Morgan fingerprint density at radius 1 is 1.41 bits per heavy atom. The number of benzene rings is 1. The second-order valence-electron chi connectivity index (χ2n) is 5.08. The SMILES string of the molecule is CC=CC(=O)NCC(C)Oc1ccc2c(C)cc(=O)oc2c1. The van der Waals surface area contributed by atoms with Gasteiger partial charge in [0.25, 0.3) is 0 Å². The van der Waals surface area contributed by atoms with Gasteiger partial charge in [0.2, 0.25) is 5.91 Å². The van der Waals surface area contributed by atoms with E-state index >= 15 is 0 Å². The van der Waals surface area contributed by atoms with E-state index in [4.69, 9.17) is 9.15 Å². The minimum Gasteiger partial charge on any atom is -0.489 e. The molecule has 1 aromatic heterocycles. The molecule has 5 nitrogen and oxygen atoms in total. The van der Waals surface area contributed by atoms with Crippen molar-refractivity contribution < 1.29 is 13.9 Å². The standard InChI is InChI=1S/C17H19NO4/c1-4-5-16(19)18-10-12(3)21-13-6-7-14-11(2)8-17(20)22-15(14)9-13/h4-9,12H,10H2,1-3H3,(H,18,19). The van der Waals surface area contributed by atoms with Crippen LogP contribution in [0, 0.1) is 6.92 Å². The molecule has 0 aliphatic heterocycles. The Hall–Kier alpha value is -2.56. The largest absolute Gasteiger partial charge is 0.489 e. The summed E-state index contributed by atoms with van der Waals surface area (Å²) in [5.74, 6) is 0.437. The maximum absolute atomic E-state index is 11.4. The van der Waals surface area contributed by atoms with Crippen molar-refractivity contribution in [3.8, 4) is 5.75 Å². The summed E-state index contributed by atoms with van der Waals surface area (Å²) in [6.45, 7) is 5.88. The summed E-state index contributed by atoms with van der Waals surface area (Å²) >= 11 is 0. The van der Waals surface area contributed by atoms with Gasteiger partial charge in [-0.05, 0) is 44.5 Å². The number of amides is 1. The molecular weight excluding hydrogens is 282 g/mol. The molecule has 1 N–H and O–H groups in total. The molecule has 5 heteroatoms. The predicted molar refractivity (Wildman–Crippen MR) is 85.1 cm³/mol. The third kappa shape index (κ3) is 3.97. The van der Waals surface area contributed by atoms with Crippen LogP contribution in [0.4, 0.5) is 0 Å². The van der Waals surface area contributed by atoms with Crippen LogP contribution in [0.5, 0.6) is 5.75 Å². The Morgan fingerprint density at radius 3 is 2.91 bits per heavy atom. The molecular formula is C17H19NO4. The Balaban J connectivity index is 2.08. The van der Waals surface area contributed by atoms with Crippen LogP contribution in [0.3, 0.4) is 0 Å². The zero-order valence-electron chi connectivity index (χ0n) is 12.9. The molecule has 1 atom stereocenters. The van der Waals surface area contributed by atoms with Gasteiger partial charge in [-0.15, -0.1) is 0 Å². The molecule has 0 aliphatic rings. The fourth-order valence-electron chi connectivity index (χ4n) is 2.11. The lowest BCUT2D eigenvalue weighted by Gasteiger charge is -2.15. The summed E-state index contributed by atoms with van der Waals surface area (Å²) < 4.78 is 10.9. The van der Waals surface area contributed by atoms with Crippen LogP contribution in [0.1, 0.15) is 19.4 Å². The quantitative estimate of drug-likeness (QED) is 0.680. The first-order valence-electron chi connectivity index (χ1n) is 7.11. The highest BCUT2D eigenvalue weighted by atomic mass is 16.5. The van der Waals surface area contributed by atoms with Gasteiger partial charge >= 0.3 is 5.63 Å². The van der Waals surface area contributed by atoms with Crippen molar-refractivity contribution in [2.75, 3.05) is 6.54 Å². The van der Waals surface area contributed by atoms with Crippen molar-refractivity contribution in [1.82, 2.24) is 5.32 Å². The van der Waals surface area contributed by atoms with Crippen LogP contribution in [0.2, 0.25) is 0 Å². The van der Waals surface area contributed by atoms with Crippen molar-refractivity contribution >= 4 is 16.9 Å². The molecule has 0 saturated carbocycles. The van der Waals surface area contributed by atoms with Crippen molar-refractivity contribution in [2.24, 2.45) is 0 Å². The highest BCUT2D eigenvalue weighted by Gasteiger charge is 2.08. The van der Waals surface area contributed by atoms with Gasteiger partial charge in [-0.25, -0.2) is 4.79 Å². The Morgan fingerprint density at radius 2 is 2.18 bits per heavy atom. The zero-order chi connectivity index (χ0) is 16.1. The summed E-state index contributed by atoms with van der Waals surface area (Å²) in [6, 6.07) is 6.82. The number of fused-ring (bicyclic) bond motifs is 1. The van der Waals surface area contributed by atoms with E-state index in [1.807, 2.05) is 26.0 Å². The maximum atomic E-state index is 11.4. The van der Waals surface area contributed by atoms with Gasteiger partial charge < -0.3 is 14.5 Å². The number of carbonyl (C=O) groups excluding carboxylic acids is 1. The molecule has 0 bridgehead atoms. The van der Waals surface area contributed by atoms with Crippen LogP contribution in [0.15, 0.2) is 45.6 Å². The highest BCUT2D eigenvalue weighted by molar-refractivity contribution is 5.87. The Kier molecular flexibility index (Phi) is 4.99. The topological polar surface area (TPSA) is 68.5 Å². The number of nitrogens with one attached hydrogen (secondary N) is 1. The number of hydrogen-bond acceptors (Lipinski definition) is 4. The van der Waals surface area contributed by atoms with Crippen LogP contribution < -0.4 is 15.7 Å². The lowest BCUT2D eigenvalue weighted by Crippen LogP contribution is -2.32. The molecule has 116 valence electrons. The third-order valence-corrected chi connectivity index (χ3v) is 3.14. The molecule has 22 heavy (non-hydrogen) atoms. The average molecular weight is 301 g/mol. The fourth-order valence-corrected chi connectivity index (χ4v) is 2.11. The lowest BCUT2D eigenvalue weighted by atomic mass is 10.1. The number of rotatable bonds is 5. The molecule has 0 spiro atoms. The summed E-state index contributed by atoms with van der Waals surface area (Å²) in [5, 5.41) is 3.61. The van der Waals surface area contributed by atoms with Crippen molar-refractivity contribution in [1.29, 1.82) is 0 Å². The van der Waals surface area contributed by atoms with E-state index < -0.39 is 0 Å². The van der Waals surface area contributed by atoms with E-state index in [2.05, 4.69) is 5.32 Å². The number of ether oxygens (including phenoxy) is 1. The van der Waals surface area contributed by atoms with Gasteiger partial charge in [-0.1, -0.05) is 6.08 Å². The molecule has 1 unspecified atom stereocenters. The minimum absolute atomic E-state index is 0.155. The van der Waals surface area contributed by atoms with E-state index in [1.54, 1.807) is 19.1 Å². The zero-order valence-corrected chi connectivity index (χ0v) is 12.9. The van der Waals surface area contributed by atoms with Gasteiger partial charge in [-0.2, -0.15) is 0 Å². The molecule has 0 fully saturated rings. The highest BCUT2D eigenvalue weighted by Crippen LogP contribution is 2.22. The minimum atomic E-state index is -0.381. The lowest BCUT2D eigenvalue weighted by molar-refractivity contribution is -0.116. The molecule has 0 saturated heterocycles. The monoisotopic (exact) mass is 301 g/mol. The second-order valence-corrected chi connectivity index (χ2v) is 5.08. The molecule has 1 heterocycles. The second kappa shape index (κ2) is 6.93. The normalized spacial score (nSPS) is 12.5.